The lowest BCUT2D eigenvalue weighted by molar-refractivity contribution is -0.118. The number of hydrogen-bond acceptors (Lipinski definition) is 5. The number of nitrogens with zero attached hydrogens (tertiary/aromatic N) is 1. The molecule has 0 aliphatic rings. The van der Waals surface area contributed by atoms with Gasteiger partial charge < -0.3 is 15.5 Å². The van der Waals surface area contributed by atoms with Crippen LogP contribution in [0.25, 0.3) is 0 Å². The molecule has 2 aromatic carbocycles. The van der Waals surface area contributed by atoms with E-state index < -0.39 is 11.7 Å². The molecule has 0 heterocycles. The van der Waals surface area contributed by atoms with Gasteiger partial charge in [0.25, 0.3) is 5.91 Å². The van der Waals surface area contributed by atoms with Crippen molar-refractivity contribution >= 4 is 11.6 Å². The first-order valence-electron chi connectivity index (χ1n) is 7.41. The number of carbonyl (C=O) groups excluding carboxylic acids is 1. The van der Waals surface area contributed by atoms with Crippen LogP contribution in [0.4, 0.5) is 4.39 Å². The van der Waals surface area contributed by atoms with Gasteiger partial charge in [0.1, 0.15) is 23.0 Å². The SMILES string of the molecule is C=C(N/N=C(\C)c1cc(F)ccc1O)C(=O)NCc1ccc(O)cc1. The van der Waals surface area contributed by atoms with E-state index in [4.69, 9.17) is 0 Å². The maximum Gasteiger partial charge on any atom is 0.268 e. The summed E-state index contributed by atoms with van der Waals surface area (Å²) in [6, 6.07) is 9.91. The van der Waals surface area contributed by atoms with Crippen molar-refractivity contribution in [3.8, 4) is 11.5 Å². The van der Waals surface area contributed by atoms with E-state index in [9.17, 15) is 19.4 Å². The van der Waals surface area contributed by atoms with E-state index in [-0.39, 0.29) is 29.3 Å². The van der Waals surface area contributed by atoms with E-state index in [0.717, 1.165) is 17.7 Å². The van der Waals surface area contributed by atoms with Crippen LogP contribution < -0.4 is 10.7 Å². The van der Waals surface area contributed by atoms with Gasteiger partial charge in [0.15, 0.2) is 0 Å². The molecule has 0 aliphatic heterocycles. The molecule has 0 radical (unpaired) electrons. The highest BCUT2D eigenvalue weighted by Gasteiger charge is 2.09. The van der Waals surface area contributed by atoms with E-state index in [1.165, 1.54) is 18.2 Å². The minimum Gasteiger partial charge on any atom is -0.508 e. The summed E-state index contributed by atoms with van der Waals surface area (Å²) in [5, 5.41) is 25.5. The van der Waals surface area contributed by atoms with E-state index in [1.54, 1.807) is 19.1 Å². The van der Waals surface area contributed by atoms with Crippen LogP contribution in [0, 0.1) is 5.82 Å². The van der Waals surface area contributed by atoms with Crippen molar-refractivity contribution in [2.24, 2.45) is 5.10 Å². The number of phenols is 2. The zero-order valence-electron chi connectivity index (χ0n) is 13.6. The zero-order valence-corrected chi connectivity index (χ0v) is 13.6. The average molecular weight is 343 g/mol. The Balaban J connectivity index is 1.93. The number of carbonyl (C=O) groups is 1. The summed E-state index contributed by atoms with van der Waals surface area (Å²) in [6.45, 7) is 5.40. The highest BCUT2D eigenvalue weighted by molar-refractivity contribution is 6.01. The molecule has 0 saturated heterocycles. The summed E-state index contributed by atoms with van der Waals surface area (Å²) in [5.41, 5.74) is 3.79. The molecular formula is C18H18FN3O3. The van der Waals surface area contributed by atoms with Gasteiger partial charge in [0, 0.05) is 12.1 Å². The van der Waals surface area contributed by atoms with Crippen molar-refractivity contribution < 1.29 is 19.4 Å². The molecule has 0 aliphatic carbocycles. The fourth-order valence-corrected chi connectivity index (χ4v) is 1.96. The molecule has 0 unspecified atom stereocenters. The molecule has 2 rings (SSSR count). The maximum absolute atomic E-state index is 13.2. The predicted octanol–water partition coefficient (Wildman–Crippen LogP) is 2.38. The Labute approximate surface area is 144 Å². The summed E-state index contributed by atoms with van der Waals surface area (Å²) in [7, 11) is 0. The molecule has 0 bridgehead atoms. The van der Waals surface area contributed by atoms with Crippen LogP contribution in [0.1, 0.15) is 18.1 Å². The Morgan fingerprint density at radius 3 is 2.56 bits per heavy atom. The largest absolute Gasteiger partial charge is 0.508 e. The lowest BCUT2D eigenvalue weighted by Gasteiger charge is -2.09. The number of nitrogens with one attached hydrogen (secondary N) is 2. The molecule has 25 heavy (non-hydrogen) atoms. The summed E-state index contributed by atoms with van der Waals surface area (Å²) in [4.78, 5) is 12.0. The van der Waals surface area contributed by atoms with E-state index in [2.05, 4.69) is 22.4 Å². The normalized spacial score (nSPS) is 11.0. The van der Waals surface area contributed by atoms with Crippen molar-refractivity contribution in [3.63, 3.8) is 0 Å². The highest BCUT2D eigenvalue weighted by atomic mass is 19.1. The Morgan fingerprint density at radius 2 is 1.88 bits per heavy atom. The molecular weight excluding hydrogens is 325 g/mol. The minimum absolute atomic E-state index is 0.00554. The molecule has 6 nitrogen and oxygen atoms in total. The van der Waals surface area contributed by atoms with Gasteiger partial charge >= 0.3 is 0 Å². The number of hydrogen-bond donors (Lipinski definition) is 4. The second-order valence-electron chi connectivity index (χ2n) is 5.30. The average Bonchev–Trinajstić information content (AvgIpc) is 2.60. The zero-order chi connectivity index (χ0) is 18.4. The molecule has 130 valence electrons. The highest BCUT2D eigenvalue weighted by Crippen LogP contribution is 2.18. The Bertz CT molecular complexity index is 817. The van der Waals surface area contributed by atoms with Crippen LogP contribution in [0.3, 0.4) is 0 Å². The van der Waals surface area contributed by atoms with Gasteiger partial charge in [-0.25, -0.2) is 4.39 Å². The van der Waals surface area contributed by atoms with Crippen LogP contribution in [-0.2, 0) is 11.3 Å². The molecule has 0 atom stereocenters. The number of rotatable bonds is 6. The molecule has 0 aromatic heterocycles. The Hall–Kier alpha value is -3.35. The van der Waals surface area contributed by atoms with E-state index in [1.807, 2.05) is 0 Å². The van der Waals surface area contributed by atoms with Gasteiger partial charge in [-0.15, -0.1) is 0 Å². The Morgan fingerprint density at radius 1 is 1.20 bits per heavy atom. The third-order valence-corrected chi connectivity index (χ3v) is 3.37. The first kappa shape index (κ1) is 18.0. The maximum atomic E-state index is 13.2. The molecule has 0 saturated carbocycles. The van der Waals surface area contributed by atoms with Crippen LogP contribution in [0.5, 0.6) is 11.5 Å². The molecule has 7 heteroatoms. The minimum atomic E-state index is -0.507. The van der Waals surface area contributed by atoms with Gasteiger partial charge in [-0.3, -0.25) is 10.2 Å². The quantitative estimate of drug-likeness (QED) is 0.368. The molecule has 4 N–H and O–H groups in total. The van der Waals surface area contributed by atoms with Crippen LogP contribution >= 0.6 is 0 Å². The van der Waals surface area contributed by atoms with Gasteiger partial charge in [0.2, 0.25) is 0 Å². The van der Waals surface area contributed by atoms with Crippen molar-refractivity contribution in [2.75, 3.05) is 0 Å². The number of aromatic hydroxyl groups is 2. The monoisotopic (exact) mass is 343 g/mol. The van der Waals surface area contributed by atoms with Crippen LogP contribution in [0.15, 0.2) is 59.8 Å². The Kier molecular flexibility index (Phi) is 5.73. The number of hydrazone groups is 1. The first-order chi connectivity index (χ1) is 11.9. The summed E-state index contributed by atoms with van der Waals surface area (Å²) < 4.78 is 13.2. The molecule has 0 fully saturated rings. The number of halogens is 1. The van der Waals surface area contributed by atoms with Crippen LogP contribution in [0.2, 0.25) is 0 Å². The topological polar surface area (TPSA) is 94.0 Å². The van der Waals surface area contributed by atoms with Crippen LogP contribution in [-0.4, -0.2) is 21.8 Å². The lowest BCUT2D eigenvalue weighted by atomic mass is 10.1. The van der Waals surface area contributed by atoms with Gasteiger partial charge in [-0.05, 0) is 42.8 Å². The standard InChI is InChI=1S/C18H18FN3O3/c1-11(16-9-14(19)5-8-17(16)24)21-22-12(2)18(25)20-10-13-3-6-15(23)7-4-13/h3-9,22-24H,2,10H2,1H3,(H,20,25)/b21-11+. The first-order valence-corrected chi connectivity index (χ1v) is 7.41. The van der Waals surface area contributed by atoms with E-state index >= 15 is 0 Å². The molecule has 1 amide bonds. The number of benzene rings is 2. The number of phenolic OH excluding ortho intramolecular Hbond substituents is 2. The summed E-state index contributed by atoms with van der Waals surface area (Å²) in [6.07, 6.45) is 0. The van der Waals surface area contributed by atoms with Crippen molar-refractivity contribution in [2.45, 2.75) is 13.5 Å². The third-order valence-electron chi connectivity index (χ3n) is 3.37. The molecule has 2 aromatic rings. The third kappa shape index (κ3) is 5.07. The van der Waals surface area contributed by atoms with E-state index in [0.29, 0.717) is 5.71 Å². The summed E-state index contributed by atoms with van der Waals surface area (Å²) in [5.74, 6) is -0.945. The smallest absolute Gasteiger partial charge is 0.268 e. The van der Waals surface area contributed by atoms with Gasteiger partial charge in [-0.1, -0.05) is 18.7 Å². The van der Waals surface area contributed by atoms with Crippen molar-refractivity contribution in [1.29, 1.82) is 0 Å². The lowest BCUT2D eigenvalue weighted by Crippen LogP contribution is -2.29. The second kappa shape index (κ2) is 7.96. The fourth-order valence-electron chi connectivity index (χ4n) is 1.96. The second-order valence-corrected chi connectivity index (χ2v) is 5.30. The fraction of sp³-hybridized carbons (Fsp3) is 0.111. The predicted molar refractivity (Wildman–Crippen MR) is 92.5 cm³/mol. The summed E-state index contributed by atoms with van der Waals surface area (Å²) >= 11 is 0. The van der Waals surface area contributed by atoms with Crippen molar-refractivity contribution in [1.82, 2.24) is 10.7 Å². The number of amides is 1. The van der Waals surface area contributed by atoms with Gasteiger partial charge in [0.05, 0.1) is 5.71 Å². The molecule has 0 spiro atoms. The van der Waals surface area contributed by atoms with Crippen molar-refractivity contribution in [3.05, 3.63) is 71.7 Å². The van der Waals surface area contributed by atoms with Gasteiger partial charge in [-0.2, -0.15) is 5.10 Å².